The zero-order valence-corrected chi connectivity index (χ0v) is 13.1. The third-order valence-electron chi connectivity index (χ3n) is 4.65. The molecule has 2 atom stereocenters. The van der Waals surface area contributed by atoms with Crippen LogP contribution in [0.4, 0.5) is 0 Å². The zero-order valence-electron chi connectivity index (χ0n) is 13.1. The highest BCUT2D eigenvalue weighted by Crippen LogP contribution is 2.30. The van der Waals surface area contributed by atoms with Crippen LogP contribution in [0.5, 0.6) is 0 Å². The van der Waals surface area contributed by atoms with E-state index in [0.29, 0.717) is 11.1 Å². The van der Waals surface area contributed by atoms with Gasteiger partial charge in [-0.15, -0.1) is 0 Å². The molecule has 2 unspecified atom stereocenters. The molecular weight excluding hydrogens is 296 g/mol. The van der Waals surface area contributed by atoms with Crippen LogP contribution < -0.4 is 5.32 Å². The van der Waals surface area contributed by atoms with Crippen molar-refractivity contribution in [1.82, 2.24) is 10.2 Å². The number of rotatable bonds is 3. The van der Waals surface area contributed by atoms with Gasteiger partial charge in [0, 0.05) is 6.42 Å². The molecule has 0 spiro atoms. The largest absolute Gasteiger partial charge is 0.295 e. The fourth-order valence-electron chi connectivity index (χ4n) is 3.03. The third-order valence-corrected chi connectivity index (χ3v) is 4.65. The van der Waals surface area contributed by atoms with Crippen molar-refractivity contribution in [3.63, 3.8) is 0 Å². The van der Waals surface area contributed by atoms with Crippen LogP contribution in [0.2, 0.25) is 0 Å². The van der Waals surface area contributed by atoms with Gasteiger partial charge in [0.15, 0.2) is 0 Å². The third kappa shape index (κ3) is 2.44. The van der Waals surface area contributed by atoms with E-state index in [-0.39, 0.29) is 24.7 Å². The summed E-state index contributed by atoms with van der Waals surface area (Å²) in [6.07, 6.45) is 1.23. The lowest BCUT2D eigenvalue weighted by Crippen LogP contribution is -2.54. The minimum atomic E-state index is -0.910. The van der Waals surface area contributed by atoms with Crippen LogP contribution >= 0.6 is 0 Å². The number of nitrogens with one attached hydrogen (secondary N) is 1. The quantitative estimate of drug-likeness (QED) is 0.859. The summed E-state index contributed by atoms with van der Waals surface area (Å²) in [4.78, 5) is 49.4. The van der Waals surface area contributed by atoms with Crippen molar-refractivity contribution in [3.8, 4) is 0 Å². The van der Waals surface area contributed by atoms with E-state index in [1.165, 1.54) is 0 Å². The van der Waals surface area contributed by atoms with Crippen LogP contribution in [0, 0.1) is 0 Å². The van der Waals surface area contributed by atoms with Gasteiger partial charge in [0.1, 0.15) is 6.04 Å². The fourth-order valence-corrected chi connectivity index (χ4v) is 3.03. The number of benzene rings is 1. The van der Waals surface area contributed by atoms with Gasteiger partial charge in [-0.3, -0.25) is 29.4 Å². The molecule has 120 valence electrons. The number of imide groups is 2. The average molecular weight is 314 g/mol. The minimum Gasteiger partial charge on any atom is -0.295 e. The Kier molecular flexibility index (Phi) is 3.75. The second-order valence-electron chi connectivity index (χ2n) is 6.06. The second kappa shape index (κ2) is 5.61. The summed E-state index contributed by atoms with van der Waals surface area (Å²) < 4.78 is 0. The Morgan fingerprint density at radius 2 is 1.87 bits per heavy atom. The Labute approximate surface area is 133 Å². The molecule has 1 saturated heterocycles. The van der Waals surface area contributed by atoms with Crippen molar-refractivity contribution in [2.75, 3.05) is 0 Å². The van der Waals surface area contributed by atoms with Crippen LogP contribution in [0.3, 0.4) is 0 Å². The Balaban J connectivity index is 1.94. The van der Waals surface area contributed by atoms with Crippen molar-refractivity contribution >= 4 is 23.6 Å². The maximum atomic E-state index is 12.6. The van der Waals surface area contributed by atoms with E-state index in [1.807, 2.05) is 6.07 Å². The van der Waals surface area contributed by atoms with Crippen molar-refractivity contribution in [2.24, 2.45) is 0 Å². The van der Waals surface area contributed by atoms with Gasteiger partial charge in [-0.05, 0) is 36.5 Å². The molecule has 1 N–H and O–H groups in total. The van der Waals surface area contributed by atoms with Gasteiger partial charge < -0.3 is 0 Å². The number of amides is 4. The van der Waals surface area contributed by atoms with Gasteiger partial charge in [0.2, 0.25) is 11.8 Å². The molecule has 2 aliphatic heterocycles. The van der Waals surface area contributed by atoms with Crippen molar-refractivity contribution in [3.05, 3.63) is 34.9 Å². The van der Waals surface area contributed by atoms with Gasteiger partial charge in [0.25, 0.3) is 11.8 Å². The SMILES string of the molecule is CCC(C)c1ccc2c(c1)C(=O)N(C1CCC(=O)NC1=O)C2=O. The number of carbonyl (C=O) groups is 4. The number of carbonyl (C=O) groups excluding carboxylic acids is 4. The lowest BCUT2D eigenvalue weighted by Gasteiger charge is -2.27. The molecule has 6 nitrogen and oxygen atoms in total. The molecule has 0 bridgehead atoms. The van der Waals surface area contributed by atoms with E-state index >= 15 is 0 Å². The molecule has 6 heteroatoms. The number of hydrogen-bond donors (Lipinski definition) is 1. The highest BCUT2D eigenvalue weighted by molar-refractivity contribution is 6.23. The highest BCUT2D eigenvalue weighted by Gasteiger charge is 2.44. The minimum absolute atomic E-state index is 0.127. The second-order valence-corrected chi connectivity index (χ2v) is 6.06. The van der Waals surface area contributed by atoms with Crippen LogP contribution in [-0.4, -0.2) is 34.6 Å². The first-order valence-corrected chi connectivity index (χ1v) is 7.79. The fraction of sp³-hybridized carbons (Fsp3) is 0.412. The lowest BCUT2D eigenvalue weighted by molar-refractivity contribution is -0.136. The lowest BCUT2D eigenvalue weighted by atomic mass is 9.95. The molecule has 0 radical (unpaired) electrons. The molecular formula is C17H18N2O4. The topological polar surface area (TPSA) is 83.6 Å². The normalized spacial score (nSPS) is 22.2. The predicted molar refractivity (Wildman–Crippen MR) is 81.8 cm³/mol. The molecule has 1 fully saturated rings. The maximum Gasteiger partial charge on any atom is 0.262 e. The maximum absolute atomic E-state index is 12.6. The van der Waals surface area contributed by atoms with Crippen LogP contribution in [0.25, 0.3) is 0 Å². The van der Waals surface area contributed by atoms with E-state index in [2.05, 4.69) is 19.2 Å². The van der Waals surface area contributed by atoms with Gasteiger partial charge in [-0.1, -0.05) is 19.9 Å². The molecule has 1 aromatic rings. The monoisotopic (exact) mass is 314 g/mol. The first kappa shape index (κ1) is 15.4. The first-order valence-electron chi connectivity index (χ1n) is 7.79. The van der Waals surface area contributed by atoms with Crippen molar-refractivity contribution in [1.29, 1.82) is 0 Å². The standard InChI is InChI=1S/C17H18N2O4/c1-3-9(2)10-4-5-11-12(8-10)17(23)19(16(11)22)13-6-7-14(20)18-15(13)21/h4-5,8-9,13H,3,6-7H2,1-2H3,(H,18,20,21). The summed E-state index contributed by atoms with van der Waals surface area (Å²) in [6.45, 7) is 4.11. The summed E-state index contributed by atoms with van der Waals surface area (Å²) in [7, 11) is 0. The number of fused-ring (bicyclic) bond motifs is 1. The van der Waals surface area contributed by atoms with E-state index in [9.17, 15) is 19.2 Å². The summed E-state index contributed by atoms with van der Waals surface area (Å²) in [5.74, 6) is -1.59. The molecule has 0 aromatic heterocycles. The molecule has 0 aliphatic carbocycles. The molecule has 23 heavy (non-hydrogen) atoms. The molecule has 4 amide bonds. The highest BCUT2D eigenvalue weighted by atomic mass is 16.2. The van der Waals surface area contributed by atoms with E-state index in [4.69, 9.17) is 0 Å². The average Bonchev–Trinajstić information content (AvgIpc) is 2.78. The molecule has 1 aromatic carbocycles. The number of hydrogen-bond acceptors (Lipinski definition) is 4. The van der Waals surface area contributed by atoms with Gasteiger partial charge in [0.05, 0.1) is 11.1 Å². The van der Waals surface area contributed by atoms with Crippen molar-refractivity contribution in [2.45, 2.75) is 45.1 Å². The van der Waals surface area contributed by atoms with E-state index < -0.39 is 23.8 Å². The van der Waals surface area contributed by atoms with Crippen LogP contribution in [0.15, 0.2) is 18.2 Å². The molecule has 0 saturated carbocycles. The Hall–Kier alpha value is -2.50. The number of piperidine rings is 1. The predicted octanol–water partition coefficient (Wildman–Crippen LogP) is 1.60. The summed E-state index contributed by atoms with van der Waals surface area (Å²) in [5.41, 5.74) is 1.67. The summed E-state index contributed by atoms with van der Waals surface area (Å²) in [6, 6.07) is 4.34. The molecule has 2 heterocycles. The summed E-state index contributed by atoms with van der Waals surface area (Å²) in [5, 5.41) is 2.19. The number of nitrogens with zero attached hydrogens (tertiary/aromatic N) is 1. The van der Waals surface area contributed by atoms with Crippen molar-refractivity contribution < 1.29 is 19.2 Å². The van der Waals surface area contributed by atoms with Gasteiger partial charge in [-0.2, -0.15) is 0 Å². The van der Waals surface area contributed by atoms with Gasteiger partial charge in [-0.25, -0.2) is 0 Å². The smallest absolute Gasteiger partial charge is 0.262 e. The molecule has 2 aliphatic rings. The summed E-state index contributed by atoms with van der Waals surface area (Å²) >= 11 is 0. The van der Waals surface area contributed by atoms with E-state index in [1.54, 1.807) is 12.1 Å². The Morgan fingerprint density at radius 1 is 1.17 bits per heavy atom. The molecule has 3 rings (SSSR count). The van der Waals surface area contributed by atoms with Crippen LogP contribution in [-0.2, 0) is 9.59 Å². The Bertz CT molecular complexity index is 725. The first-order chi connectivity index (χ1) is 10.9. The van der Waals surface area contributed by atoms with Gasteiger partial charge >= 0.3 is 0 Å². The zero-order chi connectivity index (χ0) is 16.7. The van der Waals surface area contributed by atoms with Crippen LogP contribution in [0.1, 0.15) is 65.3 Å². The Morgan fingerprint density at radius 3 is 2.52 bits per heavy atom. The van der Waals surface area contributed by atoms with E-state index in [0.717, 1.165) is 16.9 Å².